The van der Waals surface area contributed by atoms with Crippen molar-refractivity contribution in [2.24, 2.45) is 0 Å². The van der Waals surface area contributed by atoms with Crippen molar-refractivity contribution >= 4 is 44.7 Å². The molecule has 1 radical (unpaired) electrons. The summed E-state index contributed by atoms with van der Waals surface area (Å²) in [5, 5.41) is -1.02. The van der Waals surface area contributed by atoms with Crippen molar-refractivity contribution in [3.63, 3.8) is 0 Å². The van der Waals surface area contributed by atoms with Crippen molar-refractivity contribution < 1.29 is 0 Å². The van der Waals surface area contributed by atoms with E-state index < -0.39 is 5.31 Å². The second-order valence-corrected chi connectivity index (χ2v) is 21.8. The van der Waals surface area contributed by atoms with Gasteiger partial charge >= 0.3 is 0 Å². The van der Waals surface area contributed by atoms with Crippen LogP contribution in [-0.4, -0.2) is 14.1 Å². The molecular formula is C7H15Br2Si2. The molecule has 65 valence electrons. The van der Waals surface area contributed by atoms with E-state index >= 15 is 0 Å². The first-order chi connectivity index (χ1) is 5.14. The second-order valence-electron chi connectivity index (χ2n) is 3.39. The number of rotatable bonds is 2. The summed E-state index contributed by atoms with van der Waals surface area (Å²) in [6.07, 6.45) is 2.88. The van der Waals surface area contributed by atoms with Crippen LogP contribution in [0.25, 0.3) is 0 Å². The van der Waals surface area contributed by atoms with Gasteiger partial charge in [0.15, 0.2) is 5.31 Å². The summed E-state index contributed by atoms with van der Waals surface area (Å²) in [5.41, 5.74) is 1.55. The fraction of sp³-hybridized carbons (Fsp3) is 1.00. The van der Waals surface area contributed by atoms with Crippen LogP contribution in [-0.2, 0) is 0 Å². The van der Waals surface area contributed by atoms with Crippen LogP contribution in [0.1, 0.15) is 19.8 Å². The van der Waals surface area contributed by atoms with Crippen molar-refractivity contribution in [1.82, 2.24) is 0 Å². The van der Waals surface area contributed by atoms with Crippen molar-refractivity contribution in [1.29, 1.82) is 0 Å². The standard InChI is InChI=1S/C7H15Br2Si2/c1-2-4-10-5-3-6-11(8,9)7-10/h2-7H2,1H3. The molecule has 1 fully saturated rings. The molecule has 0 atom stereocenters. The Morgan fingerprint density at radius 3 is 2.73 bits per heavy atom. The molecule has 1 aliphatic rings. The topological polar surface area (TPSA) is 0 Å². The molecule has 0 aliphatic carbocycles. The highest BCUT2D eigenvalue weighted by atomic mass is 79.9. The van der Waals surface area contributed by atoms with Gasteiger partial charge in [-0.2, -0.15) is 0 Å². The van der Waals surface area contributed by atoms with Crippen molar-refractivity contribution in [3.05, 3.63) is 0 Å². The predicted molar refractivity (Wildman–Crippen MR) is 63.5 cm³/mol. The third kappa shape index (κ3) is 3.74. The molecule has 1 saturated heterocycles. The van der Waals surface area contributed by atoms with Crippen molar-refractivity contribution in [3.8, 4) is 0 Å². The predicted octanol–water partition coefficient (Wildman–Crippen LogP) is 4.07. The first-order valence-electron chi connectivity index (χ1n) is 4.35. The molecule has 0 N–H and O–H groups in total. The van der Waals surface area contributed by atoms with Gasteiger partial charge in [0.2, 0.25) is 0 Å². The lowest BCUT2D eigenvalue weighted by Gasteiger charge is -2.28. The quantitative estimate of drug-likeness (QED) is 0.532. The number of hydrogen-bond acceptors (Lipinski definition) is 0. The first-order valence-corrected chi connectivity index (χ1v) is 13.4. The van der Waals surface area contributed by atoms with Crippen LogP contribution in [0.2, 0.25) is 23.8 Å². The summed E-state index contributed by atoms with van der Waals surface area (Å²) in [4.78, 5) is 0. The van der Waals surface area contributed by atoms with Crippen LogP contribution in [0.5, 0.6) is 0 Å². The maximum atomic E-state index is 3.88. The molecule has 0 spiro atoms. The zero-order chi connectivity index (χ0) is 8.32. The summed E-state index contributed by atoms with van der Waals surface area (Å²) in [5.74, 6) is 0. The van der Waals surface area contributed by atoms with Crippen LogP contribution >= 0.6 is 30.6 Å². The lowest BCUT2D eigenvalue weighted by Crippen LogP contribution is -2.32. The van der Waals surface area contributed by atoms with Gasteiger partial charge in [0.1, 0.15) is 0 Å². The van der Waals surface area contributed by atoms with E-state index in [0.29, 0.717) is 0 Å². The third-order valence-corrected chi connectivity index (χ3v) is 17.0. The minimum absolute atomic E-state index is 0.0625. The van der Waals surface area contributed by atoms with Crippen molar-refractivity contribution in [2.45, 2.75) is 43.6 Å². The molecule has 1 rings (SSSR count). The molecule has 1 heterocycles. The van der Waals surface area contributed by atoms with E-state index in [1.54, 1.807) is 11.7 Å². The average Bonchev–Trinajstić information content (AvgIpc) is 1.85. The van der Waals surface area contributed by atoms with Gasteiger partial charge in [-0.1, -0.05) is 31.9 Å². The van der Waals surface area contributed by atoms with Gasteiger partial charge in [0.05, 0.1) is 0 Å². The minimum Gasteiger partial charge on any atom is -0.111 e. The van der Waals surface area contributed by atoms with Crippen LogP contribution in [0, 0.1) is 0 Å². The molecule has 0 aromatic carbocycles. The summed E-state index contributed by atoms with van der Waals surface area (Å²) >= 11 is 7.77. The van der Waals surface area contributed by atoms with Crippen LogP contribution in [0.15, 0.2) is 0 Å². The fourth-order valence-electron chi connectivity index (χ4n) is 1.71. The maximum absolute atomic E-state index is 3.88. The van der Waals surface area contributed by atoms with E-state index in [2.05, 4.69) is 37.5 Å². The second kappa shape index (κ2) is 4.58. The van der Waals surface area contributed by atoms with E-state index in [4.69, 9.17) is 0 Å². The van der Waals surface area contributed by atoms with Gasteiger partial charge in [-0.15, -0.1) is 30.6 Å². The maximum Gasteiger partial charge on any atom is 0.198 e. The highest BCUT2D eigenvalue weighted by Gasteiger charge is 2.34. The Hall–Kier alpha value is 1.39. The summed E-state index contributed by atoms with van der Waals surface area (Å²) in [6.45, 7) is 2.32. The van der Waals surface area contributed by atoms with E-state index in [1.807, 2.05) is 0 Å². The van der Waals surface area contributed by atoms with Gasteiger partial charge in [-0.05, 0) is 11.7 Å². The van der Waals surface area contributed by atoms with Gasteiger partial charge in [0, 0.05) is 8.80 Å². The van der Waals surface area contributed by atoms with Crippen LogP contribution < -0.4 is 0 Å². The van der Waals surface area contributed by atoms with Gasteiger partial charge in [0.25, 0.3) is 0 Å². The molecule has 0 nitrogen and oxygen atoms in total. The molecule has 0 unspecified atom stereocenters. The van der Waals surface area contributed by atoms with E-state index in [9.17, 15) is 0 Å². The molecule has 0 saturated carbocycles. The SMILES string of the molecule is CCC[Si]1CCC[Si](Br)(Br)C1. The van der Waals surface area contributed by atoms with Crippen LogP contribution in [0.4, 0.5) is 0 Å². The Labute approximate surface area is 87.9 Å². The molecule has 0 amide bonds. The zero-order valence-corrected chi connectivity index (χ0v) is 12.2. The fourth-order valence-corrected chi connectivity index (χ4v) is 18.3. The zero-order valence-electron chi connectivity index (χ0n) is 7.00. The number of halogens is 2. The molecule has 0 aromatic heterocycles. The van der Waals surface area contributed by atoms with Crippen molar-refractivity contribution in [2.75, 3.05) is 0 Å². The number of hydrogen-bond donors (Lipinski definition) is 0. The van der Waals surface area contributed by atoms with E-state index in [1.165, 1.54) is 24.9 Å². The third-order valence-electron chi connectivity index (χ3n) is 2.19. The Morgan fingerprint density at radius 1 is 1.45 bits per heavy atom. The summed E-state index contributed by atoms with van der Waals surface area (Å²) < 4.78 is 0. The monoisotopic (exact) mass is 313 g/mol. The molecule has 1 aliphatic heterocycles. The van der Waals surface area contributed by atoms with E-state index in [0.717, 1.165) is 0 Å². The lowest BCUT2D eigenvalue weighted by molar-refractivity contribution is 0.976. The Morgan fingerprint density at radius 2 is 2.18 bits per heavy atom. The van der Waals surface area contributed by atoms with Crippen LogP contribution in [0.3, 0.4) is 0 Å². The largest absolute Gasteiger partial charge is 0.198 e. The lowest BCUT2D eigenvalue weighted by atomic mass is 10.6. The molecular weight excluding hydrogens is 300 g/mol. The molecule has 4 heteroatoms. The minimum atomic E-state index is -1.02. The van der Waals surface area contributed by atoms with Gasteiger partial charge < -0.3 is 0 Å². The Bertz CT molecular complexity index is 126. The summed E-state index contributed by atoms with van der Waals surface area (Å²) in [7, 11) is 0.0625. The smallest absolute Gasteiger partial charge is 0.111 e. The normalized spacial score (nSPS) is 25.4. The molecule has 11 heavy (non-hydrogen) atoms. The van der Waals surface area contributed by atoms with Gasteiger partial charge in [-0.25, -0.2) is 0 Å². The van der Waals surface area contributed by atoms with Gasteiger partial charge in [-0.3, -0.25) is 0 Å². The molecule has 0 bridgehead atoms. The summed E-state index contributed by atoms with van der Waals surface area (Å²) in [6, 6.07) is 4.56. The highest BCUT2D eigenvalue weighted by Crippen LogP contribution is 2.39. The van der Waals surface area contributed by atoms with E-state index in [-0.39, 0.29) is 8.80 Å². The first kappa shape index (κ1) is 10.5. The molecule has 0 aromatic rings. The Balaban J connectivity index is 2.34. The Kier molecular flexibility index (Phi) is 4.36. The average molecular weight is 315 g/mol. The highest BCUT2D eigenvalue weighted by molar-refractivity contribution is 9.51.